The molecule has 6 aromatic rings. The van der Waals surface area contributed by atoms with Crippen LogP contribution in [0.3, 0.4) is 0 Å². The minimum absolute atomic E-state index is 0.0329. The maximum absolute atomic E-state index is 14.9. The van der Waals surface area contributed by atoms with Gasteiger partial charge < -0.3 is 29.8 Å². The van der Waals surface area contributed by atoms with Crippen LogP contribution in [0.25, 0.3) is 44.4 Å². The summed E-state index contributed by atoms with van der Waals surface area (Å²) in [6.07, 6.45) is 3.62. The second kappa shape index (κ2) is 16.0. The smallest absolute Gasteiger partial charge is 0.407 e. The Kier molecular flexibility index (Phi) is 10.6. The number of likely N-dealkylation sites (N-methyl/N-ethyl adjacent to an activating group) is 1. The standard InChI is InChI=1S/C44H45FN8O4/c1-51(2)40(29-8-5-4-6-9-29)43(55)53-26-34(45)22-38(53)42-47-23-35(49-42)28-13-11-27(12-14-28)30-15-16-32-21-33(18-17-31(32)20-30)36-24-46-41(50-36)37-10-7-19-52(37)39(54)25-48-44(56)57-3/h4-6,8-9,11-18,20-21,23-24,34,37-38,40H,7,10,19,22,25-26H2,1-3H3,(H,46,50)(H,47,49)(H,48,56). The number of hydrogen-bond donors (Lipinski definition) is 3. The van der Waals surface area contributed by atoms with E-state index in [0.717, 1.165) is 68.6 Å². The van der Waals surface area contributed by atoms with E-state index in [9.17, 15) is 18.8 Å². The molecule has 4 unspecified atom stereocenters. The third-order valence-corrected chi connectivity index (χ3v) is 11.0. The Morgan fingerprint density at radius 1 is 0.825 bits per heavy atom. The third-order valence-electron chi connectivity index (χ3n) is 11.0. The van der Waals surface area contributed by atoms with Gasteiger partial charge in [0.1, 0.15) is 30.4 Å². The van der Waals surface area contributed by atoms with E-state index in [1.807, 2.05) is 61.5 Å². The number of nitrogens with one attached hydrogen (secondary N) is 3. The van der Waals surface area contributed by atoms with Gasteiger partial charge in [0.05, 0.1) is 49.5 Å². The van der Waals surface area contributed by atoms with E-state index >= 15 is 0 Å². The van der Waals surface area contributed by atoms with Gasteiger partial charge in [0.15, 0.2) is 0 Å². The molecule has 3 amide bonds. The number of carbonyl (C=O) groups is 3. The van der Waals surface area contributed by atoms with E-state index < -0.39 is 24.3 Å². The molecular formula is C44H45FN8O4. The summed E-state index contributed by atoms with van der Waals surface area (Å²) < 4.78 is 19.5. The Balaban J connectivity index is 0.947. The van der Waals surface area contributed by atoms with E-state index in [0.29, 0.717) is 12.4 Å². The van der Waals surface area contributed by atoms with Crippen molar-refractivity contribution >= 4 is 28.7 Å². The number of H-pyrrole nitrogens is 2. The molecule has 0 aliphatic carbocycles. The van der Waals surface area contributed by atoms with Crippen LogP contribution in [0.15, 0.2) is 103 Å². The number of alkyl carbamates (subject to hydrolysis) is 1. The lowest BCUT2D eigenvalue weighted by Crippen LogP contribution is -2.40. The Morgan fingerprint density at radius 2 is 1.44 bits per heavy atom. The zero-order valence-corrected chi connectivity index (χ0v) is 32.1. The van der Waals surface area contributed by atoms with Gasteiger partial charge in [0.2, 0.25) is 11.8 Å². The van der Waals surface area contributed by atoms with Crippen molar-refractivity contribution < 1.29 is 23.5 Å². The third kappa shape index (κ3) is 7.75. The number of rotatable bonds is 10. The van der Waals surface area contributed by atoms with Gasteiger partial charge in [-0.3, -0.25) is 14.5 Å². The fourth-order valence-electron chi connectivity index (χ4n) is 8.15. The largest absolute Gasteiger partial charge is 0.453 e. The lowest BCUT2D eigenvalue weighted by Gasteiger charge is -2.31. The van der Waals surface area contributed by atoms with E-state index in [2.05, 4.69) is 78.5 Å². The summed E-state index contributed by atoms with van der Waals surface area (Å²) >= 11 is 0. The van der Waals surface area contributed by atoms with Crippen molar-refractivity contribution in [1.82, 2.24) is 40.0 Å². The highest BCUT2D eigenvalue weighted by Crippen LogP contribution is 2.37. The minimum atomic E-state index is -1.13. The number of halogens is 1. The molecule has 8 rings (SSSR count). The molecule has 292 valence electrons. The predicted molar refractivity (Wildman–Crippen MR) is 215 cm³/mol. The van der Waals surface area contributed by atoms with E-state index in [4.69, 9.17) is 0 Å². The maximum atomic E-state index is 14.9. The molecule has 57 heavy (non-hydrogen) atoms. The Bertz CT molecular complexity index is 2390. The Hall–Kier alpha value is -6.34. The van der Waals surface area contributed by atoms with Gasteiger partial charge in [-0.05, 0) is 72.1 Å². The van der Waals surface area contributed by atoms with Gasteiger partial charge >= 0.3 is 6.09 Å². The second-order valence-corrected chi connectivity index (χ2v) is 14.9. The first-order valence-corrected chi connectivity index (χ1v) is 19.2. The molecule has 0 saturated carbocycles. The van der Waals surface area contributed by atoms with Crippen molar-refractivity contribution in [2.75, 3.05) is 40.8 Å². The summed E-state index contributed by atoms with van der Waals surface area (Å²) in [6.45, 7) is 0.510. The molecule has 4 aromatic carbocycles. The fourth-order valence-corrected chi connectivity index (χ4v) is 8.15. The Labute approximate surface area is 330 Å². The number of nitrogens with zero attached hydrogens (tertiary/aromatic N) is 5. The van der Waals surface area contributed by atoms with Gasteiger partial charge in [0.25, 0.3) is 0 Å². The van der Waals surface area contributed by atoms with Crippen LogP contribution in [0.4, 0.5) is 9.18 Å². The number of likely N-dealkylation sites (tertiary alicyclic amines) is 2. The molecule has 2 fully saturated rings. The summed E-state index contributed by atoms with van der Waals surface area (Å²) in [5.41, 5.74) is 6.59. The normalized spacial score (nSPS) is 18.6. The number of methoxy groups -OCH3 is 1. The van der Waals surface area contributed by atoms with Crippen molar-refractivity contribution in [1.29, 1.82) is 0 Å². The first-order valence-electron chi connectivity index (χ1n) is 19.2. The van der Waals surface area contributed by atoms with Crippen LogP contribution < -0.4 is 5.32 Å². The van der Waals surface area contributed by atoms with Crippen LogP contribution in [-0.4, -0.2) is 99.6 Å². The highest BCUT2D eigenvalue weighted by molar-refractivity contribution is 5.91. The zero-order valence-electron chi connectivity index (χ0n) is 32.1. The molecule has 12 nitrogen and oxygen atoms in total. The van der Waals surface area contributed by atoms with Crippen LogP contribution in [0.2, 0.25) is 0 Å². The van der Waals surface area contributed by atoms with Gasteiger partial charge in [-0.2, -0.15) is 0 Å². The van der Waals surface area contributed by atoms with Crippen LogP contribution in [-0.2, 0) is 14.3 Å². The molecule has 3 N–H and O–H groups in total. The van der Waals surface area contributed by atoms with Crippen molar-refractivity contribution in [3.05, 3.63) is 121 Å². The number of fused-ring (bicyclic) bond motifs is 1. The molecule has 2 aromatic heterocycles. The monoisotopic (exact) mass is 768 g/mol. The summed E-state index contributed by atoms with van der Waals surface area (Å²) in [7, 11) is 4.99. The lowest BCUT2D eigenvalue weighted by atomic mass is 9.98. The number of carbonyl (C=O) groups excluding carboxylic acids is 3. The number of amides is 3. The Morgan fingerprint density at radius 3 is 2.12 bits per heavy atom. The average molecular weight is 769 g/mol. The molecule has 0 radical (unpaired) electrons. The van der Waals surface area contributed by atoms with Gasteiger partial charge in [-0.1, -0.05) is 78.9 Å². The zero-order chi connectivity index (χ0) is 39.6. The number of ether oxygens (including phenoxy) is 1. The molecule has 2 aliphatic rings. The first kappa shape index (κ1) is 37.6. The average Bonchev–Trinajstić information content (AvgIpc) is 4.07. The summed E-state index contributed by atoms with van der Waals surface area (Å²) in [6, 6.07) is 29.3. The van der Waals surface area contributed by atoms with Crippen LogP contribution in [0.5, 0.6) is 0 Å². The topological polar surface area (TPSA) is 140 Å². The lowest BCUT2D eigenvalue weighted by molar-refractivity contribution is -0.137. The van der Waals surface area contributed by atoms with Gasteiger partial charge in [-0.15, -0.1) is 0 Å². The quantitative estimate of drug-likeness (QED) is 0.134. The number of alkyl halides is 1. The maximum Gasteiger partial charge on any atom is 0.407 e. The molecule has 2 saturated heterocycles. The van der Waals surface area contributed by atoms with Crippen molar-refractivity contribution in [3.8, 4) is 33.6 Å². The molecule has 2 aliphatic heterocycles. The molecule has 0 bridgehead atoms. The summed E-state index contributed by atoms with van der Waals surface area (Å²) in [4.78, 5) is 59.5. The summed E-state index contributed by atoms with van der Waals surface area (Å²) in [5.74, 6) is 0.979. The molecular weight excluding hydrogens is 724 g/mol. The van der Waals surface area contributed by atoms with Crippen LogP contribution in [0.1, 0.15) is 54.6 Å². The molecule has 4 heterocycles. The first-order chi connectivity index (χ1) is 27.7. The van der Waals surface area contributed by atoms with Crippen molar-refractivity contribution in [3.63, 3.8) is 0 Å². The number of hydrogen-bond acceptors (Lipinski definition) is 7. The van der Waals surface area contributed by atoms with Crippen molar-refractivity contribution in [2.24, 2.45) is 0 Å². The van der Waals surface area contributed by atoms with E-state index in [-0.39, 0.29) is 37.4 Å². The van der Waals surface area contributed by atoms with E-state index in [1.54, 1.807) is 22.2 Å². The molecule has 13 heteroatoms. The predicted octanol–water partition coefficient (Wildman–Crippen LogP) is 7.22. The van der Waals surface area contributed by atoms with Gasteiger partial charge in [0, 0.05) is 18.5 Å². The summed E-state index contributed by atoms with van der Waals surface area (Å²) in [5, 5.41) is 4.64. The number of aromatic amines is 2. The highest BCUT2D eigenvalue weighted by Gasteiger charge is 2.41. The molecule has 4 atom stereocenters. The number of imidazole rings is 2. The fraction of sp³-hybridized carbons (Fsp3) is 0.295. The minimum Gasteiger partial charge on any atom is -0.453 e. The SMILES string of the molecule is COC(=O)NCC(=O)N1CCCC1c1ncc(-c2ccc3cc(-c4ccc(-c5cnc(C6CC(F)CN6C(=O)C(c6ccccc6)N(C)C)[nH]5)cc4)ccc3c2)[nH]1. The van der Waals surface area contributed by atoms with Crippen molar-refractivity contribution in [2.45, 2.75) is 43.6 Å². The van der Waals surface area contributed by atoms with Crippen LogP contribution in [0, 0.1) is 0 Å². The highest BCUT2D eigenvalue weighted by atomic mass is 19.1. The number of aromatic nitrogens is 4. The number of benzene rings is 4. The van der Waals surface area contributed by atoms with Gasteiger partial charge in [-0.25, -0.2) is 19.2 Å². The second-order valence-electron chi connectivity index (χ2n) is 14.9. The van der Waals surface area contributed by atoms with Crippen LogP contribution >= 0.6 is 0 Å². The van der Waals surface area contributed by atoms with E-state index in [1.165, 1.54) is 7.11 Å². The molecule has 0 spiro atoms.